The summed E-state index contributed by atoms with van der Waals surface area (Å²) in [6.07, 6.45) is 53.6. The number of likely N-dealkylation sites (N-methyl/N-ethyl adjacent to an activating group) is 1. The lowest BCUT2D eigenvalue weighted by Gasteiger charge is -2.24. The van der Waals surface area contributed by atoms with Crippen LogP contribution in [0.4, 0.5) is 0 Å². The molecule has 0 heterocycles. The Bertz CT molecular complexity index is 1290. The molecule has 60 heavy (non-hydrogen) atoms. The highest BCUT2D eigenvalue weighted by molar-refractivity contribution is 7.47. The topological polar surface area (TPSA) is 108 Å². The summed E-state index contributed by atoms with van der Waals surface area (Å²) in [6.45, 7) is 4.20. The zero-order valence-electron chi connectivity index (χ0n) is 38.7. The van der Waals surface area contributed by atoms with E-state index in [0.29, 0.717) is 23.9 Å². The zero-order valence-corrected chi connectivity index (χ0v) is 39.6. The van der Waals surface area contributed by atoms with Gasteiger partial charge in [0.15, 0.2) is 6.10 Å². The van der Waals surface area contributed by atoms with Crippen LogP contribution in [0, 0.1) is 0 Å². The molecule has 0 bridgehead atoms. The smallest absolute Gasteiger partial charge is 0.462 e. The molecule has 0 saturated carbocycles. The molecule has 0 aliphatic heterocycles. The van der Waals surface area contributed by atoms with Crippen molar-refractivity contribution in [2.45, 2.75) is 174 Å². The first-order valence-corrected chi connectivity index (χ1v) is 24.8. The summed E-state index contributed by atoms with van der Waals surface area (Å²) < 4.78 is 34.3. The van der Waals surface area contributed by atoms with Crippen LogP contribution in [0.1, 0.15) is 168 Å². The van der Waals surface area contributed by atoms with Gasteiger partial charge in [0.25, 0.3) is 0 Å². The average Bonchev–Trinajstić information content (AvgIpc) is 3.20. The van der Waals surface area contributed by atoms with Gasteiger partial charge in [-0.25, -0.2) is 4.57 Å². The first-order chi connectivity index (χ1) is 29.0. The lowest BCUT2D eigenvalue weighted by molar-refractivity contribution is -0.870. The molecule has 0 aromatic carbocycles. The maximum absolute atomic E-state index is 12.7. The van der Waals surface area contributed by atoms with Crippen molar-refractivity contribution in [1.82, 2.24) is 0 Å². The highest BCUT2D eigenvalue weighted by atomic mass is 31.2. The maximum atomic E-state index is 12.7. The first kappa shape index (κ1) is 57.2. The van der Waals surface area contributed by atoms with Crippen molar-refractivity contribution in [1.29, 1.82) is 0 Å². The quantitative estimate of drug-likeness (QED) is 0.0213. The average molecular weight is 861 g/mol. The fraction of sp³-hybridized carbons (Fsp3) is 0.680. The summed E-state index contributed by atoms with van der Waals surface area (Å²) in [7, 11) is 1.42. The van der Waals surface area contributed by atoms with E-state index >= 15 is 0 Å². The van der Waals surface area contributed by atoms with Gasteiger partial charge in [-0.05, 0) is 77.0 Å². The summed E-state index contributed by atoms with van der Waals surface area (Å²) >= 11 is 0. The van der Waals surface area contributed by atoms with Gasteiger partial charge < -0.3 is 18.9 Å². The Balaban J connectivity index is 4.46. The van der Waals surface area contributed by atoms with Crippen LogP contribution in [0.2, 0.25) is 0 Å². The summed E-state index contributed by atoms with van der Waals surface area (Å²) in [4.78, 5) is 35.4. The Morgan fingerprint density at radius 1 is 0.533 bits per heavy atom. The SMILES string of the molecule is CC/C=C\C/C=C\C/C=C\C/C=C\C/C=C\C/C=C\CCC(=O)OC[C@H](COP(=O)(O)OCC[N+](C)(C)C)OC(=O)CCCCCCCCC/C=C\CCCCCCCC. The molecule has 0 aliphatic rings. The molecular weight excluding hydrogens is 774 g/mol. The molecule has 2 atom stereocenters. The summed E-state index contributed by atoms with van der Waals surface area (Å²) in [6, 6.07) is 0. The fourth-order valence-corrected chi connectivity index (χ4v) is 6.54. The van der Waals surface area contributed by atoms with Gasteiger partial charge in [-0.15, -0.1) is 0 Å². The molecule has 0 aromatic heterocycles. The molecule has 0 spiro atoms. The van der Waals surface area contributed by atoms with Gasteiger partial charge in [-0.3, -0.25) is 18.6 Å². The summed E-state index contributed by atoms with van der Waals surface area (Å²) in [5.41, 5.74) is 0. The molecule has 344 valence electrons. The van der Waals surface area contributed by atoms with Gasteiger partial charge in [0, 0.05) is 12.8 Å². The third kappa shape index (κ3) is 44.7. The number of quaternary nitrogens is 1. The van der Waals surface area contributed by atoms with Crippen LogP contribution < -0.4 is 0 Å². The Morgan fingerprint density at radius 3 is 1.48 bits per heavy atom. The predicted molar refractivity (Wildman–Crippen MR) is 252 cm³/mol. The van der Waals surface area contributed by atoms with Crippen molar-refractivity contribution >= 4 is 19.8 Å². The molecule has 0 aromatic rings. The number of rotatable bonds is 41. The number of nitrogens with zero attached hydrogens (tertiary/aromatic N) is 1. The Morgan fingerprint density at radius 2 is 0.983 bits per heavy atom. The maximum Gasteiger partial charge on any atom is 0.472 e. The minimum atomic E-state index is -4.40. The van der Waals surface area contributed by atoms with E-state index in [9.17, 15) is 19.0 Å². The van der Waals surface area contributed by atoms with Crippen LogP contribution in [-0.2, 0) is 32.7 Å². The van der Waals surface area contributed by atoms with E-state index in [1.54, 1.807) is 0 Å². The molecule has 0 fully saturated rings. The third-order valence-corrected chi connectivity index (χ3v) is 10.4. The molecule has 1 N–H and O–H groups in total. The highest BCUT2D eigenvalue weighted by Crippen LogP contribution is 2.43. The standard InChI is InChI=1S/C50H86NO8P/c1-6-8-10-12-14-16-18-20-22-24-25-27-28-30-32-34-36-38-40-42-49(52)56-46-48(47-58-60(54,55)57-45-44-51(3,4)5)59-50(53)43-41-39-37-35-33-31-29-26-23-21-19-17-15-13-11-9-7-2/h8,10,14,16,20-23,25,27,30,32,36,38,48H,6-7,9,11-13,15,17-19,24,26,28-29,31,33-35,37,39-47H2,1-5H3/p+1/b10-8-,16-14-,22-20-,23-21-,27-25-,32-30-,38-36-/t48-/m1/s1. The molecule has 0 saturated heterocycles. The van der Waals surface area contributed by atoms with Crippen molar-refractivity contribution in [3.05, 3.63) is 85.1 Å². The molecule has 0 amide bonds. The number of esters is 2. The number of ether oxygens (including phenoxy) is 2. The number of hydrogen-bond donors (Lipinski definition) is 1. The van der Waals surface area contributed by atoms with Crippen molar-refractivity contribution in [2.24, 2.45) is 0 Å². The minimum Gasteiger partial charge on any atom is -0.462 e. The highest BCUT2D eigenvalue weighted by Gasteiger charge is 2.27. The van der Waals surface area contributed by atoms with E-state index in [4.69, 9.17) is 18.5 Å². The number of unbranched alkanes of at least 4 members (excludes halogenated alkanes) is 13. The fourth-order valence-electron chi connectivity index (χ4n) is 5.80. The second kappa shape index (κ2) is 41.5. The van der Waals surface area contributed by atoms with Crippen molar-refractivity contribution in [3.8, 4) is 0 Å². The zero-order chi connectivity index (χ0) is 44.3. The lowest BCUT2D eigenvalue weighted by Crippen LogP contribution is -2.37. The number of phosphoric ester groups is 1. The molecule has 0 aliphatic carbocycles. The molecule has 1 unspecified atom stereocenters. The molecule has 10 heteroatoms. The van der Waals surface area contributed by atoms with Crippen LogP contribution in [0.25, 0.3) is 0 Å². The van der Waals surface area contributed by atoms with Gasteiger partial charge in [0.05, 0.1) is 27.7 Å². The Kier molecular flexibility index (Phi) is 39.6. The predicted octanol–water partition coefficient (Wildman–Crippen LogP) is 13.6. The number of carbonyl (C=O) groups is 2. The van der Waals surface area contributed by atoms with Gasteiger partial charge in [0.2, 0.25) is 0 Å². The minimum absolute atomic E-state index is 0.0155. The first-order valence-electron chi connectivity index (χ1n) is 23.3. The normalized spacial score (nSPS) is 14.3. The van der Waals surface area contributed by atoms with Crippen LogP contribution in [0.3, 0.4) is 0 Å². The second-order valence-corrected chi connectivity index (χ2v) is 17.9. The van der Waals surface area contributed by atoms with E-state index in [1.165, 1.54) is 64.2 Å². The van der Waals surface area contributed by atoms with E-state index in [-0.39, 0.29) is 26.1 Å². The molecule has 0 rings (SSSR count). The largest absolute Gasteiger partial charge is 0.472 e. The van der Waals surface area contributed by atoms with Crippen LogP contribution in [-0.4, -0.2) is 74.9 Å². The van der Waals surface area contributed by atoms with Gasteiger partial charge in [-0.1, -0.05) is 163 Å². The Labute approximate surface area is 367 Å². The van der Waals surface area contributed by atoms with Crippen molar-refractivity contribution in [2.75, 3.05) is 47.5 Å². The van der Waals surface area contributed by atoms with Crippen LogP contribution >= 0.6 is 7.82 Å². The molecule has 9 nitrogen and oxygen atoms in total. The molecular formula is C50H87NO8P+. The second-order valence-electron chi connectivity index (χ2n) is 16.4. The number of hydrogen-bond acceptors (Lipinski definition) is 7. The number of carbonyl (C=O) groups excluding carboxylic acids is 2. The van der Waals surface area contributed by atoms with E-state index in [2.05, 4.69) is 86.8 Å². The van der Waals surface area contributed by atoms with Gasteiger partial charge >= 0.3 is 19.8 Å². The van der Waals surface area contributed by atoms with Crippen molar-refractivity contribution in [3.63, 3.8) is 0 Å². The van der Waals surface area contributed by atoms with Crippen molar-refractivity contribution < 1.29 is 42.1 Å². The van der Waals surface area contributed by atoms with Crippen LogP contribution in [0.5, 0.6) is 0 Å². The lowest BCUT2D eigenvalue weighted by atomic mass is 10.1. The van der Waals surface area contributed by atoms with E-state index in [0.717, 1.165) is 64.2 Å². The Hall–Kier alpha value is -2.81. The van der Waals surface area contributed by atoms with Gasteiger partial charge in [0.1, 0.15) is 19.8 Å². The van der Waals surface area contributed by atoms with E-state index < -0.39 is 32.5 Å². The summed E-state index contributed by atoms with van der Waals surface area (Å²) in [5, 5.41) is 0. The number of allylic oxidation sites excluding steroid dienone is 14. The third-order valence-electron chi connectivity index (χ3n) is 9.42. The van der Waals surface area contributed by atoms with E-state index in [1.807, 2.05) is 33.3 Å². The number of phosphoric acid groups is 1. The van der Waals surface area contributed by atoms with Crippen LogP contribution in [0.15, 0.2) is 85.1 Å². The monoisotopic (exact) mass is 861 g/mol. The molecule has 0 radical (unpaired) electrons. The summed E-state index contributed by atoms with van der Waals surface area (Å²) in [5.74, 6) is -0.907. The van der Waals surface area contributed by atoms with Gasteiger partial charge in [-0.2, -0.15) is 0 Å².